The van der Waals surface area contributed by atoms with E-state index in [1.807, 2.05) is 0 Å². The Morgan fingerprint density at radius 1 is 1.35 bits per heavy atom. The number of aromatic nitrogens is 2. The molecular weight excluding hydrogens is 312 g/mol. The maximum absolute atomic E-state index is 11.4. The molecular formula is C8H14N4O6S2. The van der Waals surface area contributed by atoms with Gasteiger partial charge in [0.05, 0.1) is 23.1 Å². The zero-order valence-electron chi connectivity index (χ0n) is 10.8. The Bertz CT molecular complexity index is 733. The summed E-state index contributed by atoms with van der Waals surface area (Å²) in [6.07, 6.45) is 0. The Morgan fingerprint density at radius 3 is 2.25 bits per heavy atom. The second kappa shape index (κ2) is 5.46. The van der Waals surface area contributed by atoms with Gasteiger partial charge in [0.25, 0.3) is 0 Å². The summed E-state index contributed by atoms with van der Waals surface area (Å²) < 4.78 is 46.4. The molecule has 20 heavy (non-hydrogen) atoms. The standard InChI is InChI=1S/C8H14N4O6S2/c1-3-19(15,16)5-4-11-6(2)7(20(9,17)18)8(10-11)12(13)14/h3-5H2,1-2H3,(H2,9,17,18). The van der Waals surface area contributed by atoms with E-state index < -0.39 is 35.5 Å². The van der Waals surface area contributed by atoms with Crippen molar-refractivity contribution in [3.8, 4) is 0 Å². The van der Waals surface area contributed by atoms with E-state index in [9.17, 15) is 26.9 Å². The maximum Gasteiger partial charge on any atom is 0.410 e. The molecule has 0 fully saturated rings. The molecule has 10 nitrogen and oxygen atoms in total. The minimum atomic E-state index is -4.32. The number of aryl methyl sites for hydroxylation is 1. The van der Waals surface area contributed by atoms with Crippen molar-refractivity contribution < 1.29 is 21.8 Å². The molecule has 114 valence electrons. The lowest BCUT2D eigenvalue weighted by Crippen LogP contribution is -2.17. The minimum Gasteiger partial charge on any atom is -0.358 e. The number of primary sulfonamides is 1. The van der Waals surface area contributed by atoms with Gasteiger partial charge in [-0.3, -0.25) is 0 Å². The average molecular weight is 326 g/mol. The van der Waals surface area contributed by atoms with Crippen LogP contribution in [0, 0.1) is 17.0 Å². The van der Waals surface area contributed by atoms with Crippen LogP contribution < -0.4 is 5.14 Å². The van der Waals surface area contributed by atoms with Crippen LogP contribution in [-0.2, 0) is 26.4 Å². The molecule has 0 saturated heterocycles. The van der Waals surface area contributed by atoms with E-state index in [-0.39, 0.29) is 23.7 Å². The Kier molecular flexibility index (Phi) is 4.51. The lowest BCUT2D eigenvalue weighted by molar-refractivity contribution is -0.392. The van der Waals surface area contributed by atoms with Gasteiger partial charge in [0.2, 0.25) is 14.9 Å². The summed E-state index contributed by atoms with van der Waals surface area (Å²) in [5, 5.41) is 19.2. The zero-order chi connectivity index (χ0) is 15.7. The number of sulfone groups is 1. The molecule has 1 rings (SSSR count). The third kappa shape index (κ3) is 3.52. The molecule has 0 radical (unpaired) electrons. The average Bonchev–Trinajstić information content (AvgIpc) is 2.64. The van der Waals surface area contributed by atoms with Crippen LogP contribution in [-0.4, -0.2) is 43.0 Å². The van der Waals surface area contributed by atoms with E-state index in [1.165, 1.54) is 13.8 Å². The maximum atomic E-state index is 11.4. The first-order valence-corrected chi connectivity index (χ1v) is 8.81. The summed E-state index contributed by atoms with van der Waals surface area (Å²) in [5.41, 5.74) is -0.0643. The van der Waals surface area contributed by atoms with Crippen molar-refractivity contribution in [1.82, 2.24) is 9.78 Å². The monoisotopic (exact) mass is 326 g/mol. The molecule has 0 aromatic carbocycles. The van der Waals surface area contributed by atoms with E-state index in [2.05, 4.69) is 5.10 Å². The Labute approximate surface area is 115 Å². The van der Waals surface area contributed by atoms with Crippen molar-refractivity contribution in [3.63, 3.8) is 0 Å². The predicted molar refractivity (Wildman–Crippen MR) is 69.3 cm³/mol. The fraction of sp³-hybridized carbons (Fsp3) is 0.625. The van der Waals surface area contributed by atoms with E-state index >= 15 is 0 Å². The van der Waals surface area contributed by atoms with Crippen molar-refractivity contribution in [2.24, 2.45) is 5.14 Å². The highest BCUT2D eigenvalue weighted by atomic mass is 32.2. The number of hydrogen-bond donors (Lipinski definition) is 1. The van der Waals surface area contributed by atoms with Crippen molar-refractivity contribution in [2.45, 2.75) is 25.3 Å². The van der Waals surface area contributed by atoms with Crippen LogP contribution in [0.15, 0.2) is 4.90 Å². The number of nitrogens with zero attached hydrogens (tertiary/aromatic N) is 3. The molecule has 0 unspecified atom stereocenters. The summed E-state index contributed by atoms with van der Waals surface area (Å²) in [6.45, 7) is 2.56. The van der Waals surface area contributed by atoms with Gasteiger partial charge in [-0.2, -0.15) is 4.68 Å². The molecule has 1 aromatic heterocycles. The van der Waals surface area contributed by atoms with Crippen LogP contribution in [0.4, 0.5) is 5.82 Å². The quantitative estimate of drug-likeness (QED) is 0.528. The fourth-order valence-electron chi connectivity index (χ4n) is 1.55. The predicted octanol–water partition coefficient (Wildman–Crippen LogP) is -0.818. The summed E-state index contributed by atoms with van der Waals surface area (Å²) in [6, 6.07) is 0. The Morgan fingerprint density at radius 2 is 1.90 bits per heavy atom. The lowest BCUT2D eigenvalue weighted by atomic mass is 10.4. The van der Waals surface area contributed by atoms with E-state index in [0.29, 0.717) is 0 Å². The number of sulfonamides is 1. The lowest BCUT2D eigenvalue weighted by Gasteiger charge is -2.01. The van der Waals surface area contributed by atoms with Gasteiger partial charge < -0.3 is 10.1 Å². The highest BCUT2D eigenvalue weighted by Gasteiger charge is 2.33. The normalized spacial score (nSPS) is 12.6. The largest absolute Gasteiger partial charge is 0.410 e. The SMILES string of the molecule is CCS(=O)(=O)CCn1nc([N+](=O)[O-])c(S(N)(=O)=O)c1C. The number of hydrogen-bond acceptors (Lipinski definition) is 7. The molecule has 1 heterocycles. The molecule has 12 heteroatoms. The smallest absolute Gasteiger partial charge is 0.358 e. The van der Waals surface area contributed by atoms with E-state index in [0.717, 1.165) is 4.68 Å². The Balaban J connectivity index is 3.29. The van der Waals surface area contributed by atoms with Gasteiger partial charge in [-0.25, -0.2) is 22.0 Å². The van der Waals surface area contributed by atoms with Crippen LogP contribution in [0.25, 0.3) is 0 Å². The summed E-state index contributed by atoms with van der Waals surface area (Å²) in [7, 11) is -7.63. The van der Waals surface area contributed by atoms with Crippen LogP contribution in [0.5, 0.6) is 0 Å². The first-order valence-electron chi connectivity index (χ1n) is 5.44. The van der Waals surface area contributed by atoms with Crippen LogP contribution in [0.1, 0.15) is 12.6 Å². The van der Waals surface area contributed by atoms with Gasteiger partial charge in [-0.05, 0) is 11.8 Å². The Hall–Kier alpha value is -1.53. The van der Waals surface area contributed by atoms with Gasteiger partial charge in [-0.15, -0.1) is 0 Å². The molecule has 1 aromatic rings. The topological polar surface area (TPSA) is 155 Å². The summed E-state index contributed by atoms with van der Waals surface area (Å²) in [5.74, 6) is -1.29. The van der Waals surface area contributed by atoms with E-state index in [4.69, 9.17) is 5.14 Å². The molecule has 0 atom stereocenters. The fourth-order valence-corrected chi connectivity index (χ4v) is 3.18. The molecule has 0 amide bonds. The van der Waals surface area contributed by atoms with Crippen molar-refractivity contribution in [1.29, 1.82) is 0 Å². The molecule has 0 aliphatic rings. The van der Waals surface area contributed by atoms with Crippen LogP contribution in [0.3, 0.4) is 0 Å². The number of nitro groups is 1. The van der Waals surface area contributed by atoms with Gasteiger partial charge in [0, 0.05) is 5.75 Å². The summed E-state index contributed by atoms with van der Waals surface area (Å²) in [4.78, 5) is 9.11. The first-order chi connectivity index (χ1) is 8.99. The molecule has 0 aliphatic heterocycles. The van der Waals surface area contributed by atoms with Crippen molar-refractivity contribution in [2.75, 3.05) is 11.5 Å². The van der Waals surface area contributed by atoms with Gasteiger partial charge >= 0.3 is 5.82 Å². The highest BCUT2D eigenvalue weighted by Crippen LogP contribution is 2.24. The van der Waals surface area contributed by atoms with Crippen LogP contribution >= 0.6 is 0 Å². The second-order valence-corrected chi connectivity index (χ2v) is 7.97. The highest BCUT2D eigenvalue weighted by molar-refractivity contribution is 7.91. The van der Waals surface area contributed by atoms with E-state index in [1.54, 1.807) is 0 Å². The molecule has 0 spiro atoms. The molecule has 2 N–H and O–H groups in total. The molecule has 0 saturated carbocycles. The molecule has 0 aliphatic carbocycles. The van der Waals surface area contributed by atoms with Gasteiger partial charge in [-0.1, -0.05) is 6.92 Å². The zero-order valence-corrected chi connectivity index (χ0v) is 12.4. The first kappa shape index (κ1) is 16.5. The molecule has 0 bridgehead atoms. The van der Waals surface area contributed by atoms with Crippen molar-refractivity contribution >= 4 is 25.7 Å². The number of nitrogens with two attached hydrogens (primary N) is 1. The third-order valence-electron chi connectivity index (χ3n) is 2.65. The minimum absolute atomic E-state index is 0.0643. The second-order valence-electron chi connectivity index (χ2n) is 4.00. The van der Waals surface area contributed by atoms with Gasteiger partial charge in [0.1, 0.15) is 0 Å². The van der Waals surface area contributed by atoms with Crippen LogP contribution in [0.2, 0.25) is 0 Å². The number of rotatable bonds is 6. The third-order valence-corrected chi connectivity index (χ3v) is 5.38. The summed E-state index contributed by atoms with van der Waals surface area (Å²) >= 11 is 0. The van der Waals surface area contributed by atoms with Crippen molar-refractivity contribution in [3.05, 3.63) is 15.8 Å². The van der Waals surface area contributed by atoms with Gasteiger partial charge in [0.15, 0.2) is 9.84 Å².